The van der Waals surface area contributed by atoms with E-state index in [1.165, 1.54) is 6.42 Å². The molecular formula is C14H30O4S. The van der Waals surface area contributed by atoms with E-state index in [0.29, 0.717) is 32.3 Å². The zero-order chi connectivity index (χ0) is 14.2. The minimum Gasteiger partial charge on any atom is -0.396 e. The zero-order valence-electron chi connectivity index (χ0n) is 12.4. The minimum absolute atomic E-state index is 0.266. The number of aliphatic hydroxyl groups is 1. The van der Waals surface area contributed by atoms with Crippen LogP contribution in [0.4, 0.5) is 0 Å². The van der Waals surface area contributed by atoms with Gasteiger partial charge >= 0.3 is 0 Å². The predicted molar refractivity (Wildman–Crippen MR) is 80.9 cm³/mol. The Hall–Kier alpha value is 0.190. The van der Waals surface area contributed by atoms with Gasteiger partial charge in [-0.15, -0.1) is 0 Å². The highest BCUT2D eigenvalue weighted by Crippen LogP contribution is 2.06. The Balaban J connectivity index is 2.95. The number of unbranched alkanes of at least 4 members (excludes halogenated alkanes) is 1. The number of hydrogen-bond acceptors (Lipinski definition) is 5. The van der Waals surface area contributed by atoms with Gasteiger partial charge in [-0.05, 0) is 18.1 Å². The van der Waals surface area contributed by atoms with Crippen molar-refractivity contribution in [2.24, 2.45) is 5.92 Å². The van der Waals surface area contributed by atoms with E-state index < -0.39 is 0 Å². The molecule has 19 heavy (non-hydrogen) atoms. The second kappa shape index (κ2) is 16.2. The molecule has 1 N–H and O–H groups in total. The average molecular weight is 294 g/mol. The minimum atomic E-state index is 0.266. The SMILES string of the molecule is CCCCOCCOCCOCCSCC(C)CO. The standard InChI is InChI=1S/C14H30O4S/c1-3-4-5-16-6-7-17-8-9-18-10-11-19-13-14(2)12-15/h14-15H,3-13H2,1-2H3. The van der Waals surface area contributed by atoms with Gasteiger partial charge in [0.05, 0.1) is 33.0 Å². The molecule has 1 unspecified atom stereocenters. The Bertz CT molecular complexity index is 170. The summed E-state index contributed by atoms with van der Waals surface area (Å²) in [5.41, 5.74) is 0. The van der Waals surface area contributed by atoms with Crippen LogP contribution in [0.2, 0.25) is 0 Å². The summed E-state index contributed by atoms with van der Waals surface area (Å²) in [7, 11) is 0. The summed E-state index contributed by atoms with van der Waals surface area (Å²) < 4.78 is 16.2. The highest BCUT2D eigenvalue weighted by atomic mass is 32.2. The first-order valence-corrected chi connectivity index (χ1v) is 8.38. The van der Waals surface area contributed by atoms with E-state index in [4.69, 9.17) is 19.3 Å². The third-order valence-electron chi connectivity index (χ3n) is 2.47. The van der Waals surface area contributed by atoms with Gasteiger partial charge in [-0.2, -0.15) is 11.8 Å². The van der Waals surface area contributed by atoms with E-state index in [0.717, 1.165) is 31.1 Å². The molecule has 4 nitrogen and oxygen atoms in total. The van der Waals surface area contributed by atoms with Gasteiger partial charge in [0.2, 0.25) is 0 Å². The van der Waals surface area contributed by atoms with Crippen molar-refractivity contribution in [3.05, 3.63) is 0 Å². The van der Waals surface area contributed by atoms with Crippen LogP contribution in [0, 0.1) is 5.92 Å². The molecule has 0 aliphatic heterocycles. The molecule has 0 aliphatic rings. The second-order valence-corrected chi connectivity index (χ2v) is 5.70. The van der Waals surface area contributed by atoms with Crippen molar-refractivity contribution in [2.75, 3.05) is 57.8 Å². The van der Waals surface area contributed by atoms with Gasteiger partial charge in [0.25, 0.3) is 0 Å². The Morgan fingerprint density at radius 2 is 1.53 bits per heavy atom. The molecular weight excluding hydrogens is 264 g/mol. The molecule has 5 heteroatoms. The number of hydrogen-bond donors (Lipinski definition) is 1. The molecule has 0 saturated heterocycles. The first-order chi connectivity index (χ1) is 9.31. The van der Waals surface area contributed by atoms with Gasteiger partial charge < -0.3 is 19.3 Å². The van der Waals surface area contributed by atoms with Crippen molar-refractivity contribution < 1.29 is 19.3 Å². The van der Waals surface area contributed by atoms with E-state index in [9.17, 15) is 0 Å². The Kier molecular flexibility index (Phi) is 16.4. The Morgan fingerprint density at radius 1 is 0.947 bits per heavy atom. The molecule has 0 amide bonds. The summed E-state index contributed by atoms with van der Waals surface area (Å²) in [5, 5.41) is 8.85. The van der Waals surface area contributed by atoms with E-state index >= 15 is 0 Å². The van der Waals surface area contributed by atoms with Crippen molar-refractivity contribution in [3.8, 4) is 0 Å². The van der Waals surface area contributed by atoms with Crippen LogP contribution >= 0.6 is 11.8 Å². The lowest BCUT2D eigenvalue weighted by molar-refractivity contribution is 0.0169. The highest BCUT2D eigenvalue weighted by molar-refractivity contribution is 7.99. The van der Waals surface area contributed by atoms with Crippen molar-refractivity contribution in [1.82, 2.24) is 0 Å². The van der Waals surface area contributed by atoms with Gasteiger partial charge in [0, 0.05) is 19.0 Å². The first-order valence-electron chi connectivity index (χ1n) is 7.23. The second-order valence-electron chi connectivity index (χ2n) is 4.55. The normalized spacial score (nSPS) is 12.8. The van der Waals surface area contributed by atoms with Gasteiger partial charge in [0.15, 0.2) is 0 Å². The first kappa shape index (κ1) is 19.2. The molecule has 0 fully saturated rings. The Labute approximate surface area is 122 Å². The summed E-state index contributed by atoms with van der Waals surface area (Å²) >= 11 is 1.82. The van der Waals surface area contributed by atoms with Crippen LogP contribution in [0.15, 0.2) is 0 Å². The van der Waals surface area contributed by atoms with Gasteiger partial charge in [-0.25, -0.2) is 0 Å². The van der Waals surface area contributed by atoms with E-state index in [1.54, 1.807) is 0 Å². The van der Waals surface area contributed by atoms with Crippen LogP contribution in [0.1, 0.15) is 26.7 Å². The van der Waals surface area contributed by atoms with E-state index in [-0.39, 0.29) is 6.61 Å². The van der Waals surface area contributed by atoms with Crippen LogP contribution in [-0.2, 0) is 14.2 Å². The maximum atomic E-state index is 8.85. The molecule has 0 heterocycles. The average Bonchev–Trinajstić information content (AvgIpc) is 2.43. The molecule has 0 aromatic rings. The fourth-order valence-corrected chi connectivity index (χ4v) is 2.15. The van der Waals surface area contributed by atoms with Gasteiger partial charge in [0.1, 0.15) is 0 Å². The summed E-state index contributed by atoms with van der Waals surface area (Å²) in [5.74, 6) is 2.34. The molecule has 0 rings (SSSR count). The summed E-state index contributed by atoms with van der Waals surface area (Å²) in [4.78, 5) is 0. The molecule has 0 aliphatic carbocycles. The molecule has 116 valence electrons. The number of thioether (sulfide) groups is 1. The van der Waals surface area contributed by atoms with Crippen LogP contribution in [-0.4, -0.2) is 62.9 Å². The zero-order valence-corrected chi connectivity index (χ0v) is 13.3. The quantitative estimate of drug-likeness (QED) is 0.469. The Morgan fingerprint density at radius 3 is 2.11 bits per heavy atom. The molecule has 0 radical (unpaired) electrons. The van der Waals surface area contributed by atoms with Crippen LogP contribution in [0.25, 0.3) is 0 Å². The maximum Gasteiger partial charge on any atom is 0.0701 e. The molecule has 0 spiro atoms. The smallest absolute Gasteiger partial charge is 0.0701 e. The van der Waals surface area contributed by atoms with Gasteiger partial charge in [-0.3, -0.25) is 0 Å². The summed E-state index contributed by atoms with van der Waals surface area (Å²) in [6.07, 6.45) is 2.29. The lowest BCUT2D eigenvalue weighted by atomic mass is 10.2. The third-order valence-corrected chi connectivity index (χ3v) is 3.73. The van der Waals surface area contributed by atoms with Crippen molar-refractivity contribution in [2.45, 2.75) is 26.7 Å². The monoisotopic (exact) mass is 294 g/mol. The largest absolute Gasteiger partial charge is 0.396 e. The lowest BCUT2D eigenvalue weighted by Crippen LogP contribution is -2.11. The summed E-state index contributed by atoms with van der Waals surface area (Å²) in [6, 6.07) is 0. The highest BCUT2D eigenvalue weighted by Gasteiger charge is 1.99. The van der Waals surface area contributed by atoms with Crippen molar-refractivity contribution in [1.29, 1.82) is 0 Å². The van der Waals surface area contributed by atoms with Crippen molar-refractivity contribution in [3.63, 3.8) is 0 Å². The lowest BCUT2D eigenvalue weighted by Gasteiger charge is -2.08. The fraction of sp³-hybridized carbons (Fsp3) is 1.00. The van der Waals surface area contributed by atoms with E-state index in [2.05, 4.69) is 6.92 Å². The van der Waals surface area contributed by atoms with Crippen LogP contribution in [0.5, 0.6) is 0 Å². The summed E-state index contributed by atoms with van der Waals surface area (Å²) in [6.45, 7) is 8.65. The fourth-order valence-electron chi connectivity index (χ4n) is 1.24. The van der Waals surface area contributed by atoms with Crippen LogP contribution in [0.3, 0.4) is 0 Å². The van der Waals surface area contributed by atoms with Crippen molar-refractivity contribution >= 4 is 11.8 Å². The molecule has 1 atom stereocenters. The number of rotatable bonds is 15. The number of aliphatic hydroxyl groups excluding tert-OH is 1. The third kappa shape index (κ3) is 16.1. The maximum absolute atomic E-state index is 8.85. The van der Waals surface area contributed by atoms with Gasteiger partial charge in [-0.1, -0.05) is 20.3 Å². The molecule has 0 bridgehead atoms. The van der Waals surface area contributed by atoms with E-state index in [1.807, 2.05) is 18.7 Å². The number of ether oxygens (including phenoxy) is 3. The topological polar surface area (TPSA) is 47.9 Å². The van der Waals surface area contributed by atoms with Crippen LogP contribution < -0.4 is 0 Å². The predicted octanol–water partition coefficient (Wildman–Crippen LogP) is 2.20. The molecule has 0 saturated carbocycles. The molecule has 0 aromatic heterocycles. The molecule has 0 aromatic carbocycles.